The summed E-state index contributed by atoms with van der Waals surface area (Å²) < 4.78 is 23.1. The number of fused-ring (bicyclic) bond motifs is 1. The number of nitrogens with one attached hydrogen (secondary N) is 1. The van der Waals surface area contributed by atoms with Gasteiger partial charge in [-0.3, -0.25) is 4.79 Å². The normalized spacial score (nSPS) is 12.0. The summed E-state index contributed by atoms with van der Waals surface area (Å²) in [7, 11) is 1.56. The molecule has 1 amide bonds. The first kappa shape index (κ1) is 28.6. The fourth-order valence-electron chi connectivity index (χ4n) is 4.01. The summed E-state index contributed by atoms with van der Waals surface area (Å²) in [5, 5.41) is 4.09. The fraction of sp³-hybridized carbons (Fsp3) is 0.281. The number of pyridine rings is 1. The minimum Gasteiger partial charge on any atom is -0.486 e. The molecule has 208 valence electrons. The van der Waals surface area contributed by atoms with Crippen LogP contribution in [0.2, 0.25) is 0 Å². The van der Waals surface area contributed by atoms with Crippen molar-refractivity contribution in [1.29, 1.82) is 0 Å². The van der Waals surface area contributed by atoms with Gasteiger partial charge in [-0.05, 0) is 63.6 Å². The number of carbonyl (C=O) groups is 2. The highest BCUT2D eigenvalue weighted by Gasteiger charge is 2.27. The van der Waals surface area contributed by atoms with Gasteiger partial charge in [-0.25, -0.2) is 9.78 Å². The molecule has 40 heavy (non-hydrogen) atoms. The second-order valence-electron chi connectivity index (χ2n) is 10.3. The lowest BCUT2D eigenvalue weighted by molar-refractivity contribution is -0.156. The Balaban J connectivity index is 1.75. The third-order valence-corrected chi connectivity index (χ3v) is 5.82. The molecule has 0 fully saturated rings. The van der Waals surface area contributed by atoms with Gasteiger partial charge in [0.1, 0.15) is 29.7 Å². The van der Waals surface area contributed by atoms with Gasteiger partial charge in [0.05, 0.1) is 12.3 Å². The highest BCUT2D eigenvalue weighted by molar-refractivity contribution is 6.04. The molecule has 1 N–H and O–H groups in total. The van der Waals surface area contributed by atoms with Gasteiger partial charge in [0.2, 0.25) is 0 Å². The van der Waals surface area contributed by atoms with Crippen molar-refractivity contribution in [2.75, 3.05) is 7.11 Å². The van der Waals surface area contributed by atoms with Crippen LogP contribution in [0.4, 0.5) is 0 Å². The minimum absolute atomic E-state index is 0.0441. The predicted molar refractivity (Wildman–Crippen MR) is 153 cm³/mol. The molecule has 3 aromatic carbocycles. The zero-order chi connectivity index (χ0) is 28.7. The second-order valence-corrected chi connectivity index (χ2v) is 10.3. The van der Waals surface area contributed by atoms with Crippen LogP contribution < -0.4 is 14.8 Å². The van der Waals surface area contributed by atoms with Crippen molar-refractivity contribution in [3.63, 3.8) is 0 Å². The number of para-hydroxylation sites is 1. The van der Waals surface area contributed by atoms with Crippen molar-refractivity contribution >= 4 is 22.6 Å². The van der Waals surface area contributed by atoms with Crippen LogP contribution in [-0.2, 0) is 27.5 Å². The summed E-state index contributed by atoms with van der Waals surface area (Å²) in [6, 6.07) is 23.7. The molecule has 0 aliphatic carbocycles. The Hall–Kier alpha value is -4.43. The van der Waals surface area contributed by atoms with E-state index in [1.165, 1.54) is 0 Å². The maximum Gasteiger partial charge on any atom is 0.328 e. The molecule has 0 aliphatic heterocycles. The zero-order valence-electron chi connectivity index (χ0n) is 23.4. The van der Waals surface area contributed by atoms with Crippen LogP contribution in [0.5, 0.6) is 17.2 Å². The first-order valence-electron chi connectivity index (χ1n) is 13.0. The number of hydrogen-bond donors (Lipinski definition) is 1. The average Bonchev–Trinajstić information content (AvgIpc) is 2.92. The van der Waals surface area contributed by atoms with E-state index in [1.54, 1.807) is 34.8 Å². The van der Waals surface area contributed by atoms with E-state index in [0.717, 1.165) is 10.9 Å². The van der Waals surface area contributed by atoms with Gasteiger partial charge in [-0.1, -0.05) is 48.5 Å². The minimum atomic E-state index is -0.904. The largest absolute Gasteiger partial charge is 0.486 e. The lowest BCUT2D eigenvalue weighted by Crippen LogP contribution is -2.42. The third-order valence-electron chi connectivity index (χ3n) is 5.82. The molecule has 1 aromatic heterocycles. The van der Waals surface area contributed by atoms with E-state index >= 15 is 0 Å². The van der Waals surface area contributed by atoms with Crippen molar-refractivity contribution in [3.05, 3.63) is 95.8 Å². The molecule has 0 saturated carbocycles. The van der Waals surface area contributed by atoms with Crippen LogP contribution in [0.1, 0.15) is 49.4 Å². The van der Waals surface area contributed by atoms with E-state index in [1.807, 2.05) is 78.9 Å². The Labute approximate surface area is 234 Å². The number of esters is 1. The molecule has 8 nitrogen and oxygen atoms in total. The molecule has 0 saturated heterocycles. The quantitative estimate of drug-likeness (QED) is 0.238. The molecule has 0 bridgehead atoms. The molecule has 0 aliphatic rings. The van der Waals surface area contributed by atoms with Gasteiger partial charge in [0.15, 0.2) is 11.4 Å². The number of benzene rings is 3. The molecule has 0 unspecified atom stereocenters. The number of carbonyl (C=O) groups excluding carboxylic acids is 2. The highest BCUT2D eigenvalue weighted by atomic mass is 16.6. The lowest BCUT2D eigenvalue weighted by atomic mass is 10.1. The smallest absolute Gasteiger partial charge is 0.328 e. The Morgan fingerprint density at radius 2 is 1.55 bits per heavy atom. The summed E-state index contributed by atoms with van der Waals surface area (Å²) in [6.07, 6.45) is 0. The Morgan fingerprint density at radius 1 is 0.875 bits per heavy atom. The van der Waals surface area contributed by atoms with Crippen LogP contribution in [-0.4, -0.2) is 35.6 Å². The van der Waals surface area contributed by atoms with E-state index < -0.39 is 23.5 Å². The summed E-state index contributed by atoms with van der Waals surface area (Å²) >= 11 is 0. The van der Waals surface area contributed by atoms with E-state index in [-0.39, 0.29) is 18.9 Å². The molecular weight excluding hydrogens is 508 g/mol. The standard InChI is InChI=1S/C32H34N2O6/c1-21(31(36)40-32(2,3)4)33-30(35)28-29(38-19-22-12-8-6-9-13-22)25-17-16-24(39-23-14-10-7-11-15-23)18-26(25)27(34-28)20-37-5/h6-18,21H,19-20H2,1-5H3,(H,33,35)/t21-/m0/s1. The van der Waals surface area contributed by atoms with Gasteiger partial charge >= 0.3 is 5.97 Å². The van der Waals surface area contributed by atoms with Crippen LogP contribution in [0.25, 0.3) is 10.8 Å². The Kier molecular flexibility index (Phi) is 9.01. The van der Waals surface area contributed by atoms with Crippen molar-refractivity contribution in [2.45, 2.75) is 52.6 Å². The lowest BCUT2D eigenvalue weighted by Gasteiger charge is -2.23. The van der Waals surface area contributed by atoms with Crippen LogP contribution >= 0.6 is 0 Å². The van der Waals surface area contributed by atoms with Crippen molar-refractivity contribution in [1.82, 2.24) is 10.3 Å². The Morgan fingerprint density at radius 3 is 2.20 bits per heavy atom. The first-order chi connectivity index (χ1) is 19.1. The maximum atomic E-state index is 13.5. The van der Waals surface area contributed by atoms with E-state index in [2.05, 4.69) is 10.3 Å². The number of aromatic nitrogens is 1. The molecule has 0 spiro atoms. The van der Waals surface area contributed by atoms with Crippen molar-refractivity contribution in [3.8, 4) is 17.2 Å². The number of amides is 1. The summed E-state index contributed by atoms with van der Waals surface area (Å²) in [5.41, 5.74) is 0.807. The van der Waals surface area contributed by atoms with Gasteiger partial charge < -0.3 is 24.3 Å². The number of methoxy groups -OCH3 is 1. The fourth-order valence-corrected chi connectivity index (χ4v) is 4.01. The molecular formula is C32H34N2O6. The van der Waals surface area contributed by atoms with E-state index in [4.69, 9.17) is 18.9 Å². The summed E-state index contributed by atoms with van der Waals surface area (Å²) in [6.45, 7) is 7.24. The second kappa shape index (κ2) is 12.6. The topological polar surface area (TPSA) is 96.0 Å². The number of nitrogens with zero attached hydrogens (tertiary/aromatic N) is 1. The van der Waals surface area contributed by atoms with Gasteiger partial charge in [0.25, 0.3) is 5.91 Å². The molecule has 0 radical (unpaired) electrons. The number of hydrogen-bond acceptors (Lipinski definition) is 7. The van der Waals surface area contributed by atoms with Crippen molar-refractivity contribution < 1.29 is 28.5 Å². The van der Waals surface area contributed by atoms with Crippen LogP contribution in [0.15, 0.2) is 78.9 Å². The highest BCUT2D eigenvalue weighted by Crippen LogP contribution is 2.35. The number of rotatable bonds is 10. The van der Waals surface area contributed by atoms with E-state index in [0.29, 0.717) is 28.3 Å². The maximum absolute atomic E-state index is 13.5. The van der Waals surface area contributed by atoms with Gasteiger partial charge in [-0.2, -0.15) is 0 Å². The molecule has 1 heterocycles. The molecule has 8 heteroatoms. The predicted octanol–water partition coefficient (Wildman–Crippen LogP) is 6.21. The molecule has 4 aromatic rings. The zero-order valence-corrected chi connectivity index (χ0v) is 23.4. The van der Waals surface area contributed by atoms with Crippen LogP contribution in [0.3, 0.4) is 0 Å². The van der Waals surface area contributed by atoms with E-state index in [9.17, 15) is 9.59 Å². The van der Waals surface area contributed by atoms with Crippen LogP contribution in [0, 0.1) is 0 Å². The summed E-state index contributed by atoms with van der Waals surface area (Å²) in [4.78, 5) is 30.8. The molecule has 1 atom stereocenters. The van der Waals surface area contributed by atoms with Crippen molar-refractivity contribution in [2.24, 2.45) is 0 Å². The molecule has 4 rings (SSSR count). The number of ether oxygens (including phenoxy) is 4. The van der Waals surface area contributed by atoms with Gasteiger partial charge in [0, 0.05) is 17.9 Å². The first-order valence-corrected chi connectivity index (χ1v) is 13.0. The average molecular weight is 543 g/mol. The third kappa shape index (κ3) is 7.36. The SMILES string of the molecule is COCc1nc(C(=O)N[C@@H](C)C(=O)OC(C)(C)C)c(OCc2ccccc2)c2ccc(Oc3ccccc3)cc12. The Bertz CT molecular complexity index is 1470. The van der Waals surface area contributed by atoms with Gasteiger partial charge in [-0.15, -0.1) is 0 Å². The monoisotopic (exact) mass is 542 g/mol. The summed E-state index contributed by atoms with van der Waals surface area (Å²) in [5.74, 6) is 0.468.